The van der Waals surface area contributed by atoms with Crippen molar-refractivity contribution in [3.63, 3.8) is 0 Å². The monoisotopic (exact) mass is 247 g/mol. The number of nitro groups is 1. The Hall–Kier alpha value is -2.46. The minimum atomic E-state index is -0.812. The first-order valence-electron chi connectivity index (χ1n) is 5.20. The van der Waals surface area contributed by atoms with Crippen LogP contribution in [0, 0.1) is 21.4 Å². The van der Waals surface area contributed by atoms with Crippen molar-refractivity contribution in [2.75, 3.05) is 11.4 Å². The van der Waals surface area contributed by atoms with Crippen molar-refractivity contribution >= 4 is 17.3 Å². The highest BCUT2D eigenvalue weighted by Crippen LogP contribution is 2.32. The summed E-state index contributed by atoms with van der Waals surface area (Å²) < 4.78 is 0. The minimum Gasteiger partial charge on any atom is -0.391 e. The maximum Gasteiger partial charge on any atom is 0.294 e. The summed E-state index contributed by atoms with van der Waals surface area (Å²) in [5, 5.41) is 29.0. The zero-order valence-corrected chi connectivity index (χ0v) is 9.24. The van der Waals surface area contributed by atoms with Crippen LogP contribution in [0.25, 0.3) is 0 Å². The van der Waals surface area contributed by atoms with Gasteiger partial charge in [-0.15, -0.1) is 0 Å². The lowest BCUT2D eigenvalue weighted by Gasteiger charge is -2.15. The number of carbonyl (C=O) groups excluding carboxylic acids is 1. The van der Waals surface area contributed by atoms with Gasteiger partial charge in [-0.05, 0) is 12.1 Å². The SMILES string of the molecule is N#Cc1ccc(N2CC(O)CC2=O)c([N+](=O)[O-])c1. The first-order valence-corrected chi connectivity index (χ1v) is 5.20. The lowest BCUT2D eigenvalue weighted by atomic mass is 10.1. The van der Waals surface area contributed by atoms with Crippen LogP contribution >= 0.6 is 0 Å². The maximum atomic E-state index is 11.6. The molecule has 1 amide bonds. The van der Waals surface area contributed by atoms with Gasteiger partial charge in [-0.3, -0.25) is 14.9 Å². The van der Waals surface area contributed by atoms with E-state index in [0.29, 0.717) is 0 Å². The number of anilines is 1. The number of nitrogens with zero attached hydrogens (tertiary/aromatic N) is 3. The van der Waals surface area contributed by atoms with Gasteiger partial charge < -0.3 is 10.0 Å². The standard InChI is InChI=1S/C11H9N3O4/c12-5-7-1-2-9(10(3-7)14(17)18)13-6-8(15)4-11(13)16/h1-3,8,15H,4,6H2. The van der Waals surface area contributed by atoms with Crippen molar-refractivity contribution in [2.24, 2.45) is 0 Å². The Bertz CT molecular complexity index is 564. The number of hydrogen-bond donors (Lipinski definition) is 1. The Morgan fingerprint density at radius 1 is 1.56 bits per heavy atom. The van der Waals surface area contributed by atoms with Gasteiger partial charge in [-0.2, -0.15) is 5.26 Å². The first kappa shape index (κ1) is 12.0. The van der Waals surface area contributed by atoms with E-state index in [4.69, 9.17) is 5.26 Å². The van der Waals surface area contributed by atoms with Gasteiger partial charge in [0.25, 0.3) is 5.69 Å². The molecular weight excluding hydrogens is 238 g/mol. The Kier molecular flexibility index (Phi) is 2.95. The summed E-state index contributed by atoms with van der Waals surface area (Å²) in [6.45, 7) is 0.0333. The van der Waals surface area contributed by atoms with Crippen molar-refractivity contribution in [1.29, 1.82) is 5.26 Å². The van der Waals surface area contributed by atoms with E-state index in [1.165, 1.54) is 17.0 Å². The van der Waals surface area contributed by atoms with Gasteiger partial charge in [0.05, 0.1) is 35.6 Å². The second-order valence-electron chi connectivity index (χ2n) is 3.93. The van der Waals surface area contributed by atoms with Crippen LogP contribution in [-0.2, 0) is 4.79 Å². The zero-order valence-electron chi connectivity index (χ0n) is 9.24. The van der Waals surface area contributed by atoms with Gasteiger partial charge in [0.2, 0.25) is 5.91 Å². The van der Waals surface area contributed by atoms with Crippen LogP contribution in [0.15, 0.2) is 18.2 Å². The number of β-amino-alcohol motifs (C(OH)–C–C–N with tert-alkyl or cyclic N) is 1. The van der Waals surface area contributed by atoms with Crippen LogP contribution in [0.5, 0.6) is 0 Å². The van der Waals surface area contributed by atoms with Crippen LogP contribution in [-0.4, -0.2) is 28.6 Å². The largest absolute Gasteiger partial charge is 0.391 e. The fourth-order valence-electron chi connectivity index (χ4n) is 1.89. The maximum absolute atomic E-state index is 11.6. The number of rotatable bonds is 2. The van der Waals surface area contributed by atoms with E-state index in [2.05, 4.69) is 0 Å². The lowest BCUT2D eigenvalue weighted by molar-refractivity contribution is -0.384. The van der Waals surface area contributed by atoms with E-state index < -0.39 is 11.0 Å². The molecule has 1 unspecified atom stereocenters. The van der Waals surface area contributed by atoms with Crippen molar-refractivity contribution in [3.05, 3.63) is 33.9 Å². The molecule has 1 aromatic carbocycles. The van der Waals surface area contributed by atoms with Crippen LogP contribution in [0.2, 0.25) is 0 Å². The molecule has 0 saturated carbocycles. The predicted molar refractivity (Wildman–Crippen MR) is 60.8 cm³/mol. The Morgan fingerprint density at radius 3 is 2.78 bits per heavy atom. The Labute approximate surface area is 102 Å². The van der Waals surface area contributed by atoms with E-state index >= 15 is 0 Å². The number of amides is 1. The molecule has 1 aliphatic heterocycles. The molecule has 1 aromatic rings. The molecular formula is C11H9N3O4. The number of carbonyl (C=O) groups is 1. The molecule has 1 heterocycles. The molecule has 1 saturated heterocycles. The Morgan fingerprint density at radius 2 is 2.28 bits per heavy atom. The van der Waals surface area contributed by atoms with Gasteiger partial charge >= 0.3 is 0 Å². The second kappa shape index (κ2) is 4.43. The van der Waals surface area contributed by atoms with Crippen molar-refractivity contribution < 1.29 is 14.8 Å². The second-order valence-corrected chi connectivity index (χ2v) is 3.93. The fourth-order valence-corrected chi connectivity index (χ4v) is 1.89. The van der Waals surface area contributed by atoms with Gasteiger partial charge in [0.1, 0.15) is 5.69 Å². The summed E-state index contributed by atoms with van der Waals surface area (Å²) in [4.78, 5) is 23.0. The number of aliphatic hydroxyl groups excluding tert-OH is 1. The molecule has 0 aromatic heterocycles. The van der Waals surface area contributed by atoms with Gasteiger partial charge in [0, 0.05) is 6.07 Å². The van der Waals surface area contributed by atoms with E-state index in [-0.39, 0.29) is 35.8 Å². The highest BCUT2D eigenvalue weighted by Gasteiger charge is 2.33. The lowest BCUT2D eigenvalue weighted by Crippen LogP contribution is -2.26. The third-order valence-electron chi connectivity index (χ3n) is 2.70. The smallest absolute Gasteiger partial charge is 0.294 e. The summed E-state index contributed by atoms with van der Waals surface area (Å²) in [6.07, 6.45) is -0.857. The molecule has 7 heteroatoms. The van der Waals surface area contributed by atoms with E-state index in [0.717, 1.165) is 6.07 Å². The molecule has 1 atom stereocenters. The molecule has 0 radical (unpaired) electrons. The quantitative estimate of drug-likeness (QED) is 0.607. The van der Waals surface area contributed by atoms with E-state index in [9.17, 15) is 20.0 Å². The topological polar surface area (TPSA) is 107 Å². The van der Waals surface area contributed by atoms with Gasteiger partial charge in [-0.25, -0.2) is 0 Å². The fraction of sp³-hybridized carbons (Fsp3) is 0.273. The van der Waals surface area contributed by atoms with E-state index in [1.54, 1.807) is 6.07 Å². The Balaban J connectivity index is 2.48. The normalized spacial score (nSPS) is 18.8. The molecule has 0 bridgehead atoms. The predicted octanol–water partition coefficient (Wildman–Crippen LogP) is 0.564. The van der Waals surface area contributed by atoms with Crippen molar-refractivity contribution in [3.8, 4) is 6.07 Å². The summed E-state index contributed by atoms with van der Waals surface area (Å²) in [5.74, 6) is -0.365. The van der Waals surface area contributed by atoms with Gasteiger partial charge in [-0.1, -0.05) is 0 Å². The van der Waals surface area contributed by atoms with Gasteiger partial charge in [0.15, 0.2) is 0 Å². The van der Waals surface area contributed by atoms with Crippen LogP contribution in [0.1, 0.15) is 12.0 Å². The molecule has 2 rings (SSSR count). The van der Waals surface area contributed by atoms with Crippen LogP contribution in [0.4, 0.5) is 11.4 Å². The molecule has 0 aliphatic carbocycles. The number of nitriles is 1. The summed E-state index contributed by atoms with van der Waals surface area (Å²) in [5.41, 5.74) is -0.0466. The molecule has 92 valence electrons. The number of nitro benzene ring substituents is 1. The molecule has 0 spiro atoms. The average Bonchev–Trinajstić information content (AvgIpc) is 2.67. The van der Waals surface area contributed by atoms with Crippen LogP contribution in [0.3, 0.4) is 0 Å². The highest BCUT2D eigenvalue weighted by atomic mass is 16.6. The third-order valence-corrected chi connectivity index (χ3v) is 2.70. The minimum absolute atomic E-state index is 0.0333. The first-order chi connectivity index (χ1) is 8.52. The summed E-state index contributed by atoms with van der Waals surface area (Å²) in [7, 11) is 0. The molecule has 7 nitrogen and oxygen atoms in total. The number of aliphatic hydroxyl groups is 1. The zero-order chi connectivity index (χ0) is 13.3. The van der Waals surface area contributed by atoms with Crippen LogP contribution < -0.4 is 4.90 Å². The molecule has 1 fully saturated rings. The third kappa shape index (κ3) is 2.01. The van der Waals surface area contributed by atoms with E-state index in [1.807, 2.05) is 0 Å². The molecule has 1 aliphatic rings. The average molecular weight is 247 g/mol. The molecule has 18 heavy (non-hydrogen) atoms. The van der Waals surface area contributed by atoms with Crippen molar-refractivity contribution in [2.45, 2.75) is 12.5 Å². The van der Waals surface area contributed by atoms with Crippen molar-refractivity contribution in [1.82, 2.24) is 0 Å². The highest BCUT2D eigenvalue weighted by molar-refractivity contribution is 5.98. The summed E-state index contributed by atoms with van der Waals surface area (Å²) >= 11 is 0. The number of hydrogen-bond acceptors (Lipinski definition) is 5. The number of benzene rings is 1. The summed E-state index contributed by atoms with van der Waals surface area (Å²) in [6, 6.07) is 5.68. The molecule has 1 N–H and O–H groups in total.